The topological polar surface area (TPSA) is 88.4 Å². The molecule has 0 aromatic rings. The molecule has 0 aliphatic carbocycles. The third-order valence-electron chi connectivity index (χ3n) is 5.76. The van der Waals surface area contributed by atoms with Crippen LogP contribution in [0.25, 0.3) is 0 Å². The van der Waals surface area contributed by atoms with Crippen molar-refractivity contribution in [1.29, 1.82) is 0 Å². The maximum Gasteiger partial charge on any atom is 0.184 e. The van der Waals surface area contributed by atoms with Crippen LogP contribution in [0.4, 0.5) is 0 Å². The molecule has 6 heteroatoms. The van der Waals surface area contributed by atoms with Gasteiger partial charge in [0.1, 0.15) is 12.2 Å². The van der Waals surface area contributed by atoms with Crippen molar-refractivity contribution in [3.05, 3.63) is 0 Å². The zero-order valence-corrected chi connectivity index (χ0v) is 14.8. The summed E-state index contributed by atoms with van der Waals surface area (Å²) in [5.74, 6) is 0.163. The molecule has 0 spiro atoms. The lowest BCUT2D eigenvalue weighted by Crippen LogP contribution is -2.58. The van der Waals surface area contributed by atoms with Crippen LogP contribution >= 0.6 is 0 Å². The number of aliphatic hydroxyl groups is 3. The molecule has 2 aliphatic heterocycles. The van der Waals surface area contributed by atoms with Crippen LogP contribution < -0.4 is 0 Å². The molecule has 6 nitrogen and oxygen atoms in total. The van der Waals surface area contributed by atoms with Crippen LogP contribution in [0.1, 0.15) is 41.0 Å². The highest BCUT2D eigenvalue weighted by molar-refractivity contribution is 4.91. The molecule has 0 bridgehead atoms. The van der Waals surface area contributed by atoms with E-state index in [1.54, 1.807) is 6.92 Å². The molecule has 10 atom stereocenters. The normalized spacial score (nSPS) is 51.7. The predicted molar refractivity (Wildman–Crippen MR) is 84.8 cm³/mol. The van der Waals surface area contributed by atoms with Crippen molar-refractivity contribution in [2.45, 2.75) is 84.0 Å². The van der Waals surface area contributed by atoms with E-state index in [4.69, 9.17) is 14.2 Å². The summed E-state index contributed by atoms with van der Waals surface area (Å²) >= 11 is 0. The van der Waals surface area contributed by atoms with E-state index in [0.717, 1.165) is 6.42 Å². The summed E-state index contributed by atoms with van der Waals surface area (Å²) in [5.41, 5.74) is 0. The van der Waals surface area contributed by atoms with E-state index in [1.165, 1.54) is 0 Å². The van der Waals surface area contributed by atoms with Gasteiger partial charge in [0.15, 0.2) is 6.29 Å². The molecule has 2 saturated heterocycles. The summed E-state index contributed by atoms with van der Waals surface area (Å²) in [5, 5.41) is 29.8. The fourth-order valence-corrected chi connectivity index (χ4v) is 3.62. The van der Waals surface area contributed by atoms with Crippen LogP contribution in [0.3, 0.4) is 0 Å². The van der Waals surface area contributed by atoms with Crippen molar-refractivity contribution in [1.82, 2.24) is 0 Å². The van der Waals surface area contributed by atoms with Gasteiger partial charge < -0.3 is 29.5 Å². The zero-order valence-electron chi connectivity index (χ0n) is 14.8. The van der Waals surface area contributed by atoms with Gasteiger partial charge in [0, 0.05) is 5.92 Å². The van der Waals surface area contributed by atoms with E-state index in [2.05, 4.69) is 27.7 Å². The van der Waals surface area contributed by atoms with Crippen LogP contribution in [0.2, 0.25) is 0 Å². The second-order valence-electron chi connectivity index (χ2n) is 7.17. The molecule has 2 rings (SSSR count). The monoisotopic (exact) mass is 332 g/mol. The fraction of sp³-hybridized carbons (Fsp3) is 1.00. The Labute approximate surface area is 138 Å². The molecule has 0 amide bonds. The Morgan fingerprint density at radius 3 is 2.09 bits per heavy atom. The Morgan fingerprint density at radius 1 is 0.870 bits per heavy atom. The van der Waals surface area contributed by atoms with Crippen molar-refractivity contribution < 1.29 is 29.5 Å². The van der Waals surface area contributed by atoms with Crippen molar-refractivity contribution >= 4 is 0 Å². The maximum absolute atomic E-state index is 10.4. The molecule has 2 aliphatic rings. The summed E-state index contributed by atoms with van der Waals surface area (Å²) in [6.07, 6.45) is -2.71. The highest BCUT2D eigenvalue weighted by atomic mass is 16.7. The largest absolute Gasteiger partial charge is 0.394 e. The third kappa shape index (κ3) is 3.72. The standard InChI is InChI=1S/C17H32O6/c1-6-12-16(9(3)8(2)11(5)21-12)23-17-15(20)10(4)14(19)13(7-18)22-17/h8-20H,6-7H2,1-5H3/t8?,9?,10-,11-,12+,13?,14-,15?,16+,17+/m1/s1. The van der Waals surface area contributed by atoms with E-state index in [0.29, 0.717) is 5.92 Å². The molecule has 0 saturated carbocycles. The van der Waals surface area contributed by atoms with Crippen molar-refractivity contribution in [2.75, 3.05) is 6.61 Å². The van der Waals surface area contributed by atoms with E-state index >= 15 is 0 Å². The molecule has 0 aromatic carbocycles. The van der Waals surface area contributed by atoms with Gasteiger partial charge in [0.05, 0.1) is 31.0 Å². The zero-order chi connectivity index (χ0) is 17.3. The van der Waals surface area contributed by atoms with Crippen LogP contribution in [0, 0.1) is 17.8 Å². The number of rotatable bonds is 4. The molecule has 2 fully saturated rings. The van der Waals surface area contributed by atoms with E-state index in [-0.39, 0.29) is 30.8 Å². The third-order valence-corrected chi connectivity index (χ3v) is 5.76. The fourth-order valence-electron chi connectivity index (χ4n) is 3.62. The molecule has 0 aromatic heterocycles. The van der Waals surface area contributed by atoms with E-state index < -0.39 is 30.5 Å². The lowest BCUT2D eigenvalue weighted by molar-refractivity contribution is -0.323. The summed E-state index contributed by atoms with van der Waals surface area (Å²) in [6.45, 7) is 9.83. The lowest BCUT2D eigenvalue weighted by Gasteiger charge is -2.47. The van der Waals surface area contributed by atoms with Crippen molar-refractivity contribution in [3.8, 4) is 0 Å². The van der Waals surface area contributed by atoms with E-state index in [1.807, 2.05) is 0 Å². The van der Waals surface area contributed by atoms with Crippen molar-refractivity contribution in [3.63, 3.8) is 0 Å². The Kier molecular flexibility index (Phi) is 6.44. The van der Waals surface area contributed by atoms with Gasteiger partial charge in [-0.05, 0) is 25.2 Å². The quantitative estimate of drug-likeness (QED) is 0.709. The minimum atomic E-state index is -0.938. The van der Waals surface area contributed by atoms with E-state index in [9.17, 15) is 15.3 Å². The molecular formula is C17H32O6. The minimum Gasteiger partial charge on any atom is -0.394 e. The van der Waals surface area contributed by atoms with Gasteiger partial charge >= 0.3 is 0 Å². The number of ether oxygens (including phenoxy) is 3. The highest BCUT2D eigenvalue weighted by Crippen LogP contribution is 2.36. The average molecular weight is 332 g/mol. The first-order valence-electron chi connectivity index (χ1n) is 8.75. The Bertz CT molecular complexity index is 374. The van der Waals surface area contributed by atoms with Gasteiger partial charge in [-0.1, -0.05) is 27.7 Å². The average Bonchev–Trinajstić information content (AvgIpc) is 2.55. The van der Waals surface area contributed by atoms with Crippen LogP contribution in [0.5, 0.6) is 0 Å². The highest BCUT2D eigenvalue weighted by Gasteiger charge is 2.46. The summed E-state index contributed by atoms with van der Waals surface area (Å²) in [4.78, 5) is 0. The van der Waals surface area contributed by atoms with Crippen LogP contribution in [-0.4, -0.2) is 64.8 Å². The Balaban J connectivity index is 2.11. The number of hydrogen-bond donors (Lipinski definition) is 3. The molecule has 2 heterocycles. The van der Waals surface area contributed by atoms with Gasteiger partial charge in [-0.3, -0.25) is 0 Å². The van der Waals surface area contributed by atoms with Crippen LogP contribution in [-0.2, 0) is 14.2 Å². The molecule has 136 valence electrons. The smallest absolute Gasteiger partial charge is 0.184 e. The first-order valence-corrected chi connectivity index (χ1v) is 8.75. The molecule has 0 radical (unpaired) electrons. The second kappa shape index (κ2) is 7.76. The summed E-state index contributed by atoms with van der Waals surface area (Å²) in [6, 6.07) is 0. The Morgan fingerprint density at radius 2 is 1.52 bits per heavy atom. The van der Waals surface area contributed by atoms with Gasteiger partial charge in [-0.15, -0.1) is 0 Å². The van der Waals surface area contributed by atoms with Gasteiger partial charge in [0.2, 0.25) is 0 Å². The van der Waals surface area contributed by atoms with Gasteiger partial charge in [0.25, 0.3) is 0 Å². The minimum absolute atomic E-state index is 0.0540. The second-order valence-corrected chi connectivity index (χ2v) is 7.17. The maximum atomic E-state index is 10.4. The number of aliphatic hydroxyl groups excluding tert-OH is 3. The molecule has 4 unspecified atom stereocenters. The molecule has 3 N–H and O–H groups in total. The number of hydrogen-bond acceptors (Lipinski definition) is 6. The molecule has 23 heavy (non-hydrogen) atoms. The van der Waals surface area contributed by atoms with Crippen LogP contribution in [0.15, 0.2) is 0 Å². The first-order chi connectivity index (χ1) is 10.8. The Hall–Kier alpha value is -0.240. The molecular weight excluding hydrogens is 300 g/mol. The summed E-state index contributed by atoms with van der Waals surface area (Å²) in [7, 11) is 0. The van der Waals surface area contributed by atoms with Gasteiger partial charge in [-0.2, -0.15) is 0 Å². The van der Waals surface area contributed by atoms with Crippen molar-refractivity contribution in [2.24, 2.45) is 17.8 Å². The lowest BCUT2D eigenvalue weighted by atomic mass is 9.81. The van der Waals surface area contributed by atoms with Gasteiger partial charge in [-0.25, -0.2) is 0 Å². The predicted octanol–water partition coefficient (Wildman–Crippen LogP) is 0.916. The first kappa shape index (κ1) is 19.1. The SMILES string of the molecule is CC[C@@H]1O[C@H](C)C(C)C(C)[C@@H]1O[C@@H]1OC(CO)[C@H](O)[C@@H](C)C1O. The summed E-state index contributed by atoms with van der Waals surface area (Å²) < 4.78 is 17.8.